The van der Waals surface area contributed by atoms with Crippen LogP contribution >= 0.6 is 11.3 Å². The molecule has 0 aliphatic rings. The van der Waals surface area contributed by atoms with Gasteiger partial charge < -0.3 is 5.11 Å². The molecule has 6 heteroatoms. The fraction of sp³-hybridized carbons (Fsp3) is 0. The Labute approximate surface area is 82.9 Å². The van der Waals surface area contributed by atoms with Gasteiger partial charge in [0, 0.05) is 6.07 Å². The Balaban J connectivity index is 0.000000810. The Morgan fingerprint density at radius 2 is 2.20 bits per heavy atom. The molecule has 0 saturated carbocycles. The third-order valence-corrected chi connectivity index (χ3v) is 1.48. The molecule has 48 valence electrons. The van der Waals surface area contributed by atoms with Crippen molar-refractivity contribution < 1.29 is 39.6 Å². The third kappa shape index (κ3) is 2.26. The van der Waals surface area contributed by atoms with Gasteiger partial charge in [0.15, 0.2) is 0 Å². The zero-order valence-electron chi connectivity index (χ0n) is 5.23. The van der Waals surface area contributed by atoms with Gasteiger partial charge in [0.05, 0.1) is 10.3 Å². The van der Waals surface area contributed by atoms with Gasteiger partial charge in [-0.25, -0.2) is 0 Å². The summed E-state index contributed by atoms with van der Waals surface area (Å²) < 4.78 is 0. The topological polar surface area (TPSA) is 66.2 Å². The number of nitro groups is 1. The minimum atomic E-state index is -0.585. The van der Waals surface area contributed by atoms with Crippen molar-refractivity contribution in [3.63, 3.8) is 0 Å². The molecule has 0 unspecified atom stereocenters. The molecule has 0 atom stereocenters. The van der Waals surface area contributed by atoms with E-state index in [0.717, 1.165) is 17.4 Å². The third-order valence-electron chi connectivity index (χ3n) is 0.772. The number of nitrogens with zero attached hydrogens (tertiary/aromatic N) is 1. The van der Waals surface area contributed by atoms with Crippen LogP contribution in [0.3, 0.4) is 0 Å². The van der Waals surface area contributed by atoms with E-state index in [1.165, 1.54) is 5.38 Å². The molecule has 1 aromatic rings. The van der Waals surface area contributed by atoms with Crippen LogP contribution in [0.2, 0.25) is 0 Å². The molecular weight excluding hydrogens is 165 g/mol. The first kappa shape index (κ1) is 9.90. The quantitative estimate of drug-likeness (QED) is 0.269. The van der Waals surface area contributed by atoms with E-state index < -0.39 is 4.92 Å². The summed E-state index contributed by atoms with van der Waals surface area (Å²) >= 11 is 0.836. The molecule has 0 radical (unpaired) electrons. The summed E-state index contributed by atoms with van der Waals surface area (Å²) in [6.07, 6.45) is 0. The first-order valence-corrected chi connectivity index (χ1v) is 2.98. The Morgan fingerprint density at radius 1 is 1.60 bits per heavy atom. The van der Waals surface area contributed by atoms with Crippen molar-refractivity contribution in [2.45, 2.75) is 0 Å². The molecule has 0 amide bonds. The molecule has 0 bridgehead atoms. The zero-order chi connectivity index (χ0) is 6.85. The standard InChI is InChI=1S/C4H3NO3S.Na/c6-4-1-3(2-9-4)5(7)8;/h1-2,6H;/q;+1/p-1. The average Bonchev–Trinajstić information content (AvgIpc) is 2.14. The maximum absolute atomic E-state index is 10.3. The molecule has 1 rings (SSSR count). The molecule has 0 fully saturated rings. The van der Waals surface area contributed by atoms with Crippen LogP contribution in [0.5, 0.6) is 5.06 Å². The summed E-state index contributed by atoms with van der Waals surface area (Å²) in [6, 6.07) is 1.00. The van der Waals surface area contributed by atoms with Crippen LogP contribution in [0.15, 0.2) is 11.4 Å². The van der Waals surface area contributed by atoms with Gasteiger partial charge in [-0.05, 0) is 5.06 Å². The van der Waals surface area contributed by atoms with Crippen LogP contribution in [-0.2, 0) is 0 Å². The first-order chi connectivity index (χ1) is 4.20. The van der Waals surface area contributed by atoms with Crippen molar-refractivity contribution in [3.8, 4) is 5.06 Å². The van der Waals surface area contributed by atoms with E-state index in [-0.39, 0.29) is 40.3 Å². The van der Waals surface area contributed by atoms with Gasteiger partial charge in [-0.15, -0.1) is 0 Å². The molecule has 1 heterocycles. The van der Waals surface area contributed by atoms with Gasteiger partial charge in [-0.2, -0.15) is 11.3 Å². The summed E-state index contributed by atoms with van der Waals surface area (Å²) in [6.45, 7) is 0. The summed E-state index contributed by atoms with van der Waals surface area (Å²) in [7, 11) is 0. The number of thiophene rings is 1. The minimum absolute atomic E-state index is 0. The van der Waals surface area contributed by atoms with E-state index in [9.17, 15) is 15.2 Å². The Bertz CT molecular complexity index is 236. The predicted octanol–water partition coefficient (Wildman–Crippen LogP) is -2.27. The fourth-order valence-electron chi connectivity index (χ4n) is 0.403. The second kappa shape index (κ2) is 3.92. The van der Waals surface area contributed by atoms with Crippen molar-refractivity contribution >= 4 is 17.0 Å². The molecule has 0 aromatic carbocycles. The van der Waals surface area contributed by atoms with E-state index in [1.807, 2.05) is 0 Å². The fourth-order valence-corrected chi connectivity index (χ4v) is 0.983. The average molecular weight is 167 g/mol. The van der Waals surface area contributed by atoms with Gasteiger partial charge in [0.2, 0.25) is 0 Å². The van der Waals surface area contributed by atoms with Crippen molar-refractivity contribution in [1.29, 1.82) is 0 Å². The Morgan fingerprint density at radius 3 is 2.40 bits per heavy atom. The molecule has 4 nitrogen and oxygen atoms in total. The number of hydrogen-bond acceptors (Lipinski definition) is 4. The maximum Gasteiger partial charge on any atom is 1.00 e. The van der Waals surface area contributed by atoms with E-state index in [4.69, 9.17) is 0 Å². The van der Waals surface area contributed by atoms with Gasteiger partial charge in [-0.1, -0.05) is 0 Å². The van der Waals surface area contributed by atoms with Crippen LogP contribution in [0, 0.1) is 10.1 Å². The van der Waals surface area contributed by atoms with Gasteiger partial charge in [-0.3, -0.25) is 10.1 Å². The minimum Gasteiger partial charge on any atom is -0.865 e. The Hall–Kier alpha value is -0.100. The van der Waals surface area contributed by atoms with E-state index >= 15 is 0 Å². The van der Waals surface area contributed by atoms with Gasteiger partial charge in [0.25, 0.3) is 5.69 Å². The second-order valence-corrected chi connectivity index (χ2v) is 2.25. The molecule has 1 aromatic heterocycles. The molecule has 0 aliphatic carbocycles. The largest absolute Gasteiger partial charge is 1.00 e. The normalized spacial score (nSPS) is 8.40. The Kier molecular flexibility index (Phi) is 3.88. The smallest absolute Gasteiger partial charge is 0.865 e. The first-order valence-electron chi connectivity index (χ1n) is 2.10. The summed E-state index contributed by atoms with van der Waals surface area (Å²) in [5.74, 6) is 0. The van der Waals surface area contributed by atoms with Crippen molar-refractivity contribution in [3.05, 3.63) is 21.6 Å². The summed E-state index contributed by atoms with van der Waals surface area (Å²) in [5.41, 5.74) is -0.120. The molecule has 0 spiro atoms. The van der Waals surface area contributed by atoms with Gasteiger partial charge in [0.1, 0.15) is 0 Å². The van der Waals surface area contributed by atoms with E-state index in [1.54, 1.807) is 0 Å². The van der Waals surface area contributed by atoms with E-state index in [2.05, 4.69) is 0 Å². The molecule has 10 heavy (non-hydrogen) atoms. The van der Waals surface area contributed by atoms with Crippen molar-refractivity contribution in [2.24, 2.45) is 0 Å². The number of hydrogen-bond donors (Lipinski definition) is 0. The molecule has 0 saturated heterocycles. The number of rotatable bonds is 1. The van der Waals surface area contributed by atoms with Gasteiger partial charge >= 0.3 is 29.6 Å². The van der Waals surface area contributed by atoms with Crippen molar-refractivity contribution in [2.75, 3.05) is 0 Å². The molecule has 0 aliphatic heterocycles. The monoisotopic (exact) mass is 167 g/mol. The van der Waals surface area contributed by atoms with Crippen LogP contribution in [-0.4, -0.2) is 4.92 Å². The van der Waals surface area contributed by atoms with Crippen LogP contribution < -0.4 is 34.7 Å². The summed E-state index contributed by atoms with van der Waals surface area (Å²) in [5, 5.41) is 21.1. The van der Waals surface area contributed by atoms with Crippen molar-refractivity contribution in [1.82, 2.24) is 0 Å². The van der Waals surface area contributed by atoms with Crippen LogP contribution in [0.4, 0.5) is 5.69 Å². The summed E-state index contributed by atoms with van der Waals surface area (Å²) in [4.78, 5) is 9.30. The van der Waals surface area contributed by atoms with E-state index in [0.29, 0.717) is 0 Å². The second-order valence-electron chi connectivity index (χ2n) is 1.38. The zero-order valence-corrected chi connectivity index (χ0v) is 8.05. The molecular formula is C4H2NNaO3S. The predicted molar refractivity (Wildman–Crippen MR) is 30.4 cm³/mol. The van der Waals surface area contributed by atoms with Crippen LogP contribution in [0.25, 0.3) is 0 Å². The SMILES string of the molecule is O=[N+]([O-])c1csc([O-])c1.[Na+]. The molecule has 0 N–H and O–H groups in total. The van der Waals surface area contributed by atoms with Crippen LogP contribution in [0.1, 0.15) is 0 Å². The maximum atomic E-state index is 10.3.